The summed E-state index contributed by atoms with van der Waals surface area (Å²) in [5.74, 6) is 0.188. The number of hydrogen-bond donors (Lipinski definition) is 2. The van der Waals surface area contributed by atoms with E-state index in [0.29, 0.717) is 22.9 Å². The van der Waals surface area contributed by atoms with Crippen molar-refractivity contribution in [1.29, 1.82) is 0 Å². The molecule has 8 nitrogen and oxygen atoms in total. The summed E-state index contributed by atoms with van der Waals surface area (Å²) in [5, 5.41) is 10.6. The van der Waals surface area contributed by atoms with Gasteiger partial charge in [-0.25, -0.2) is 8.42 Å². The lowest BCUT2D eigenvalue weighted by Crippen LogP contribution is -2.13. The molecule has 0 spiro atoms. The first-order chi connectivity index (χ1) is 13.4. The van der Waals surface area contributed by atoms with E-state index in [4.69, 9.17) is 4.74 Å². The number of methoxy groups -OCH3 is 1. The number of rotatable bonds is 6. The fourth-order valence-electron chi connectivity index (χ4n) is 2.43. The second-order valence-corrected chi connectivity index (χ2v) is 7.53. The van der Waals surface area contributed by atoms with Gasteiger partial charge in [0, 0.05) is 29.9 Å². The smallest absolute Gasteiger partial charge is 0.261 e. The maximum Gasteiger partial charge on any atom is 0.261 e. The molecule has 28 heavy (non-hydrogen) atoms. The Hall–Kier alpha value is -3.46. The molecule has 2 N–H and O–H groups in total. The van der Waals surface area contributed by atoms with Crippen LogP contribution in [0.5, 0.6) is 5.88 Å². The Labute approximate surface area is 162 Å². The molecule has 0 aliphatic carbocycles. The fraction of sp³-hybridized carbons (Fsp3) is 0.105. The molecule has 1 heterocycles. The van der Waals surface area contributed by atoms with E-state index >= 15 is 0 Å². The van der Waals surface area contributed by atoms with Crippen LogP contribution in [0.4, 0.5) is 11.4 Å². The van der Waals surface area contributed by atoms with E-state index in [2.05, 4.69) is 20.2 Å². The van der Waals surface area contributed by atoms with Crippen LogP contribution in [0.2, 0.25) is 0 Å². The number of carbonyl (C=O) groups excluding carboxylic acids is 1. The molecule has 0 aliphatic rings. The highest BCUT2D eigenvalue weighted by Crippen LogP contribution is 2.22. The van der Waals surface area contributed by atoms with Gasteiger partial charge in [-0.15, -0.1) is 10.2 Å². The predicted octanol–water partition coefficient (Wildman–Crippen LogP) is 2.91. The van der Waals surface area contributed by atoms with Gasteiger partial charge in [0.25, 0.3) is 10.0 Å². The first-order valence-corrected chi connectivity index (χ1v) is 9.74. The van der Waals surface area contributed by atoms with Gasteiger partial charge in [-0.3, -0.25) is 9.52 Å². The van der Waals surface area contributed by atoms with E-state index in [1.807, 2.05) is 0 Å². The molecule has 144 valence electrons. The molecule has 0 atom stereocenters. The molecule has 0 saturated heterocycles. The SMILES string of the molecule is COc1ccc(-c2ccc(NS(=O)(=O)c3ccc(NC(C)=O)cc3)cc2)nn1. The van der Waals surface area contributed by atoms with Crippen molar-refractivity contribution in [3.8, 4) is 17.1 Å². The Morgan fingerprint density at radius 3 is 2.07 bits per heavy atom. The minimum absolute atomic E-state index is 0.0895. The van der Waals surface area contributed by atoms with E-state index in [-0.39, 0.29) is 10.8 Å². The molecular formula is C19H18N4O4S. The predicted molar refractivity (Wildman–Crippen MR) is 106 cm³/mol. The molecule has 9 heteroatoms. The number of amides is 1. The molecule has 0 radical (unpaired) electrons. The van der Waals surface area contributed by atoms with Crippen molar-refractivity contribution < 1.29 is 17.9 Å². The van der Waals surface area contributed by atoms with Crippen molar-refractivity contribution in [2.24, 2.45) is 0 Å². The molecule has 1 aromatic heterocycles. The largest absolute Gasteiger partial charge is 0.480 e. The maximum absolute atomic E-state index is 12.5. The lowest BCUT2D eigenvalue weighted by molar-refractivity contribution is -0.114. The van der Waals surface area contributed by atoms with Crippen molar-refractivity contribution in [1.82, 2.24) is 10.2 Å². The molecule has 0 fully saturated rings. The third kappa shape index (κ3) is 4.63. The van der Waals surface area contributed by atoms with Gasteiger partial charge >= 0.3 is 0 Å². The van der Waals surface area contributed by atoms with Gasteiger partial charge in [-0.05, 0) is 42.5 Å². The van der Waals surface area contributed by atoms with Gasteiger partial charge in [0.15, 0.2) is 0 Å². The minimum Gasteiger partial charge on any atom is -0.480 e. The number of ether oxygens (including phenoxy) is 1. The molecule has 0 bridgehead atoms. The number of hydrogen-bond acceptors (Lipinski definition) is 6. The minimum atomic E-state index is -3.75. The fourth-order valence-corrected chi connectivity index (χ4v) is 3.49. The topological polar surface area (TPSA) is 110 Å². The van der Waals surface area contributed by atoms with Gasteiger partial charge in [0.05, 0.1) is 17.7 Å². The number of aromatic nitrogens is 2. The average molecular weight is 398 g/mol. The molecule has 3 aromatic rings. The lowest BCUT2D eigenvalue weighted by Gasteiger charge is -2.10. The summed E-state index contributed by atoms with van der Waals surface area (Å²) in [6, 6.07) is 16.1. The zero-order valence-corrected chi connectivity index (χ0v) is 16.0. The van der Waals surface area contributed by atoms with Crippen molar-refractivity contribution in [2.75, 3.05) is 17.1 Å². The quantitative estimate of drug-likeness (QED) is 0.661. The van der Waals surface area contributed by atoms with E-state index < -0.39 is 10.0 Å². The Morgan fingerprint density at radius 1 is 0.893 bits per heavy atom. The lowest BCUT2D eigenvalue weighted by atomic mass is 10.1. The Balaban J connectivity index is 1.74. The Morgan fingerprint density at radius 2 is 1.54 bits per heavy atom. The summed E-state index contributed by atoms with van der Waals surface area (Å²) in [5.41, 5.74) is 2.37. The van der Waals surface area contributed by atoms with E-state index in [9.17, 15) is 13.2 Å². The van der Waals surface area contributed by atoms with Crippen molar-refractivity contribution in [2.45, 2.75) is 11.8 Å². The van der Waals surface area contributed by atoms with E-state index in [1.54, 1.807) is 36.4 Å². The number of nitrogens with zero attached hydrogens (tertiary/aromatic N) is 2. The number of anilines is 2. The second-order valence-electron chi connectivity index (χ2n) is 5.85. The summed E-state index contributed by atoms with van der Waals surface area (Å²) in [6.45, 7) is 1.38. The molecule has 0 saturated carbocycles. The first-order valence-electron chi connectivity index (χ1n) is 8.26. The van der Waals surface area contributed by atoms with Gasteiger partial charge in [0.1, 0.15) is 0 Å². The standard InChI is InChI=1S/C19H18N4O4S/c1-13(24)20-15-7-9-17(10-8-15)28(25,26)23-16-5-3-14(4-6-16)18-11-12-19(27-2)22-21-18/h3-12,23H,1-2H3,(H,20,24). The number of carbonyl (C=O) groups is 1. The number of nitrogens with one attached hydrogen (secondary N) is 2. The molecule has 2 aromatic carbocycles. The van der Waals surface area contributed by atoms with Crippen LogP contribution in [0, 0.1) is 0 Å². The third-order valence-electron chi connectivity index (χ3n) is 3.77. The van der Waals surface area contributed by atoms with Crippen LogP contribution in [0.3, 0.4) is 0 Å². The highest BCUT2D eigenvalue weighted by molar-refractivity contribution is 7.92. The van der Waals surface area contributed by atoms with Gasteiger partial charge in [0.2, 0.25) is 11.8 Å². The van der Waals surface area contributed by atoms with Crippen molar-refractivity contribution in [3.05, 3.63) is 60.7 Å². The van der Waals surface area contributed by atoms with Crippen molar-refractivity contribution >= 4 is 27.3 Å². The normalized spacial score (nSPS) is 10.9. The van der Waals surface area contributed by atoms with Crippen LogP contribution in [-0.4, -0.2) is 31.6 Å². The zero-order chi connectivity index (χ0) is 20.1. The van der Waals surface area contributed by atoms with E-state index in [0.717, 1.165) is 5.56 Å². The van der Waals surface area contributed by atoms with Crippen LogP contribution in [0.1, 0.15) is 6.92 Å². The van der Waals surface area contributed by atoms with Gasteiger partial charge < -0.3 is 10.1 Å². The summed E-state index contributed by atoms with van der Waals surface area (Å²) in [6.07, 6.45) is 0. The average Bonchev–Trinajstić information content (AvgIpc) is 2.68. The molecule has 0 unspecified atom stereocenters. The van der Waals surface area contributed by atoms with Gasteiger partial charge in [-0.2, -0.15) is 0 Å². The van der Waals surface area contributed by atoms with Crippen LogP contribution in [0.15, 0.2) is 65.6 Å². The Bertz CT molecular complexity index is 1060. The second kappa shape index (κ2) is 8.05. The van der Waals surface area contributed by atoms with Crippen molar-refractivity contribution in [3.63, 3.8) is 0 Å². The summed E-state index contributed by atoms with van der Waals surface area (Å²) in [4.78, 5) is 11.1. The number of sulfonamides is 1. The van der Waals surface area contributed by atoms with Gasteiger partial charge in [-0.1, -0.05) is 12.1 Å². The third-order valence-corrected chi connectivity index (χ3v) is 5.16. The summed E-state index contributed by atoms with van der Waals surface area (Å²) >= 11 is 0. The molecule has 3 rings (SSSR count). The van der Waals surface area contributed by atoms with Crippen LogP contribution >= 0.6 is 0 Å². The first kappa shape index (κ1) is 19.3. The zero-order valence-electron chi connectivity index (χ0n) is 15.2. The Kier molecular flexibility index (Phi) is 5.55. The summed E-state index contributed by atoms with van der Waals surface area (Å²) < 4.78 is 32.5. The van der Waals surface area contributed by atoms with E-state index in [1.165, 1.54) is 38.3 Å². The maximum atomic E-state index is 12.5. The highest BCUT2D eigenvalue weighted by Gasteiger charge is 2.14. The summed E-state index contributed by atoms with van der Waals surface area (Å²) in [7, 11) is -2.24. The van der Waals surface area contributed by atoms with Crippen LogP contribution in [-0.2, 0) is 14.8 Å². The highest BCUT2D eigenvalue weighted by atomic mass is 32.2. The molecule has 0 aliphatic heterocycles. The number of benzene rings is 2. The monoisotopic (exact) mass is 398 g/mol. The van der Waals surface area contributed by atoms with Crippen LogP contribution < -0.4 is 14.8 Å². The molecule has 1 amide bonds. The van der Waals surface area contributed by atoms with Crippen LogP contribution in [0.25, 0.3) is 11.3 Å². The molecular weight excluding hydrogens is 380 g/mol.